The van der Waals surface area contributed by atoms with E-state index in [4.69, 9.17) is 4.74 Å². The summed E-state index contributed by atoms with van der Waals surface area (Å²) in [6.07, 6.45) is 1.76. The topological polar surface area (TPSA) is 81.4 Å². The van der Waals surface area contributed by atoms with Crippen LogP contribution < -0.4 is 15.9 Å². The number of nitrogens with zero attached hydrogens (tertiary/aromatic N) is 4. The molecule has 4 rings (SSSR count). The molecular weight excluding hydrogens is 358 g/mol. The minimum atomic E-state index is -0.213. The van der Waals surface area contributed by atoms with Gasteiger partial charge < -0.3 is 15.0 Å². The summed E-state index contributed by atoms with van der Waals surface area (Å²) in [6.45, 7) is 3.25. The number of imidazole rings is 1. The molecule has 2 aromatic heterocycles. The van der Waals surface area contributed by atoms with Crippen LogP contribution in [0.3, 0.4) is 0 Å². The van der Waals surface area contributed by atoms with Gasteiger partial charge in [0.2, 0.25) is 5.91 Å². The molecule has 1 aliphatic rings. The van der Waals surface area contributed by atoms with Crippen molar-refractivity contribution in [2.75, 3.05) is 31.2 Å². The summed E-state index contributed by atoms with van der Waals surface area (Å²) in [4.78, 5) is 31.7. The minimum absolute atomic E-state index is 0.0205. The zero-order valence-corrected chi connectivity index (χ0v) is 15.8. The second-order valence-electron chi connectivity index (χ2n) is 6.78. The number of ether oxygens (including phenoxy) is 1. The van der Waals surface area contributed by atoms with Gasteiger partial charge in [-0.2, -0.15) is 0 Å². The van der Waals surface area contributed by atoms with Crippen LogP contribution in [0.25, 0.3) is 11.0 Å². The normalized spacial score (nSPS) is 14.4. The van der Waals surface area contributed by atoms with Crippen molar-refractivity contribution >= 4 is 22.8 Å². The molecule has 1 aromatic carbocycles. The Kier molecular flexibility index (Phi) is 5.12. The molecule has 0 spiro atoms. The first-order valence-corrected chi connectivity index (χ1v) is 9.32. The van der Waals surface area contributed by atoms with Gasteiger partial charge in [-0.15, -0.1) is 0 Å². The molecule has 1 amide bonds. The fourth-order valence-corrected chi connectivity index (χ4v) is 3.54. The first-order valence-electron chi connectivity index (χ1n) is 9.32. The van der Waals surface area contributed by atoms with Gasteiger partial charge >= 0.3 is 5.69 Å². The van der Waals surface area contributed by atoms with Crippen LogP contribution >= 0.6 is 0 Å². The van der Waals surface area contributed by atoms with E-state index >= 15 is 0 Å². The third-order valence-corrected chi connectivity index (χ3v) is 5.01. The summed E-state index contributed by atoms with van der Waals surface area (Å²) >= 11 is 0. The molecule has 1 fully saturated rings. The highest BCUT2D eigenvalue weighted by molar-refractivity contribution is 5.81. The van der Waals surface area contributed by atoms with E-state index in [0.29, 0.717) is 19.8 Å². The molecule has 0 atom stereocenters. The fraction of sp³-hybridized carbons (Fsp3) is 0.350. The van der Waals surface area contributed by atoms with Crippen LogP contribution in [0, 0.1) is 0 Å². The predicted octanol–water partition coefficient (Wildman–Crippen LogP) is 0.888. The zero-order chi connectivity index (χ0) is 19.5. The smallest absolute Gasteiger partial charge is 0.329 e. The van der Waals surface area contributed by atoms with Gasteiger partial charge in [-0.1, -0.05) is 18.2 Å². The van der Waals surface area contributed by atoms with Gasteiger partial charge in [0.05, 0.1) is 24.2 Å². The number of pyridine rings is 1. The van der Waals surface area contributed by atoms with Crippen LogP contribution in [0.4, 0.5) is 5.82 Å². The Morgan fingerprint density at radius 1 is 1.14 bits per heavy atom. The molecule has 0 unspecified atom stereocenters. The minimum Gasteiger partial charge on any atom is -0.378 e. The van der Waals surface area contributed by atoms with Crippen molar-refractivity contribution in [2.24, 2.45) is 7.05 Å². The average molecular weight is 381 g/mol. The summed E-state index contributed by atoms with van der Waals surface area (Å²) in [7, 11) is 1.71. The summed E-state index contributed by atoms with van der Waals surface area (Å²) < 4.78 is 8.45. The molecule has 1 saturated heterocycles. The van der Waals surface area contributed by atoms with Crippen molar-refractivity contribution < 1.29 is 9.53 Å². The van der Waals surface area contributed by atoms with Gasteiger partial charge in [-0.05, 0) is 18.2 Å². The van der Waals surface area contributed by atoms with E-state index in [0.717, 1.165) is 35.5 Å². The van der Waals surface area contributed by atoms with Crippen LogP contribution in [0.5, 0.6) is 0 Å². The Labute approximate surface area is 162 Å². The molecule has 0 aliphatic carbocycles. The van der Waals surface area contributed by atoms with E-state index in [1.807, 2.05) is 36.4 Å². The van der Waals surface area contributed by atoms with E-state index in [-0.39, 0.29) is 18.1 Å². The largest absolute Gasteiger partial charge is 0.378 e. The Bertz CT molecular complexity index is 1050. The van der Waals surface area contributed by atoms with Crippen LogP contribution in [0.2, 0.25) is 0 Å². The maximum atomic E-state index is 12.5. The number of rotatable bonds is 5. The third-order valence-electron chi connectivity index (χ3n) is 5.01. The number of aryl methyl sites for hydroxylation is 1. The fourth-order valence-electron chi connectivity index (χ4n) is 3.54. The van der Waals surface area contributed by atoms with E-state index in [9.17, 15) is 9.59 Å². The Morgan fingerprint density at radius 2 is 1.89 bits per heavy atom. The lowest BCUT2D eigenvalue weighted by molar-refractivity contribution is -0.121. The number of hydrogen-bond donors (Lipinski definition) is 1. The number of anilines is 1. The number of carbonyl (C=O) groups excluding carboxylic acids is 1. The number of amides is 1. The van der Waals surface area contributed by atoms with E-state index in [1.54, 1.807) is 17.8 Å². The predicted molar refractivity (Wildman–Crippen MR) is 106 cm³/mol. The zero-order valence-electron chi connectivity index (χ0n) is 15.8. The van der Waals surface area contributed by atoms with Gasteiger partial charge in [-0.25, -0.2) is 9.78 Å². The lowest BCUT2D eigenvalue weighted by atomic mass is 10.2. The molecule has 8 nitrogen and oxygen atoms in total. The quantitative estimate of drug-likeness (QED) is 0.710. The SMILES string of the molecule is Cn1c(=O)n(CC(=O)NCc2cccnc2N2CCOCC2)c2ccccc21. The lowest BCUT2D eigenvalue weighted by Crippen LogP contribution is -2.38. The Morgan fingerprint density at radius 3 is 2.68 bits per heavy atom. The number of benzene rings is 1. The van der Waals surface area contributed by atoms with Crippen LogP contribution in [0.1, 0.15) is 5.56 Å². The molecule has 146 valence electrons. The highest BCUT2D eigenvalue weighted by atomic mass is 16.5. The lowest BCUT2D eigenvalue weighted by Gasteiger charge is -2.29. The number of fused-ring (bicyclic) bond motifs is 1. The van der Waals surface area contributed by atoms with Crippen molar-refractivity contribution in [3.63, 3.8) is 0 Å². The van der Waals surface area contributed by atoms with Gasteiger partial charge in [-0.3, -0.25) is 13.9 Å². The van der Waals surface area contributed by atoms with Gasteiger partial charge in [0, 0.05) is 38.4 Å². The van der Waals surface area contributed by atoms with Crippen molar-refractivity contribution in [3.8, 4) is 0 Å². The molecule has 0 radical (unpaired) electrons. The number of nitrogens with one attached hydrogen (secondary N) is 1. The molecule has 1 aliphatic heterocycles. The molecule has 3 aromatic rings. The van der Waals surface area contributed by atoms with Crippen molar-refractivity contribution in [1.82, 2.24) is 19.4 Å². The molecule has 3 heterocycles. The molecule has 0 bridgehead atoms. The molecular formula is C20H23N5O3. The molecule has 0 saturated carbocycles. The summed E-state index contributed by atoms with van der Waals surface area (Å²) in [6, 6.07) is 11.3. The number of carbonyl (C=O) groups is 1. The second kappa shape index (κ2) is 7.85. The van der Waals surface area contributed by atoms with Crippen molar-refractivity contribution in [2.45, 2.75) is 13.1 Å². The third kappa shape index (κ3) is 3.50. The van der Waals surface area contributed by atoms with E-state index in [2.05, 4.69) is 15.2 Å². The number of morpholine rings is 1. The van der Waals surface area contributed by atoms with Gasteiger partial charge in [0.25, 0.3) is 0 Å². The number of para-hydroxylation sites is 2. The monoisotopic (exact) mass is 381 g/mol. The molecule has 1 N–H and O–H groups in total. The standard InChI is InChI=1S/C20H23N5O3/c1-23-16-6-2-3-7-17(16)25(20(23)27)14-18(26)22-13-15-5-4-8-21-19(15)24-9-11-28-12-10-24/h2-8H,9-14H2,1H3,(H,22,26). The van der Waals surface area contributed by atoms with E-state index < -0.39 is 0 Å². The first kappa shape index (κ1) is 18.2. The molecule has 8 heteroatoms. The van der Waals surface area contributed by atoms with Crippen molar-refractivity contribution in [1.29, 1.82) is 0 Å². The van der Waals surface area contributed by atoms with E-state index in [1.165, 1.54) is 4.57 Å². The van der Waals surface area contributed by atoms with Crippen LogP contribution in [-0.2, 0) is 29.7 Å². The second-order valence-corrected chi connectivity index (χ2v) is 6.78. The summed E-state index contributed by atoms with van der Waals surface area (Å²) in [5, 5.41) is 2.92. The van der Waals surface area contributed by atoms with Crippen LogP contribution in [-0.4, -0.2) is 46.3 Å². The Hall–Kier alpha value is -3.13. The summed E-state index contributed by atoms with van der Waals surface area (Å²) in [5.41, 5.74) is 2.30. The highest BCUT2D eigenvalue weighted by Gasteiger charge is 2.17. The highest BCUT2D eigenvalue weighted by Crippen LogP contribution is 2.18. The van der Waals surface area contributed by atoms with Crippen molar-refractivity contribution in [3.05, 3.63) is 58.6 Å². The van der Waals surface area contributed by atoms with Gasteiger partial charge in [0.15, 0.2) is 0 Å². The van der Waals surface area contributed by atoms with Crippen LogP contribution in [0.15, 0.2) is 47.4 Å². The number of aromatic nitrogens is 3. The number of hydrogen-bond acceptors (Lipinski definition) is 5. The Balaban J connectivity index is 1.48. The maximum absolute atomic E-state index is 12.5. The summed E-state index contributed by atoms with van der Waals surface area (Å²) in [5.74, 6) is 0.656. The average Bonchev–Trinajstić information content (AvgIpc) is 2.98. The molecule has 28 heavy (non-hydrogen) atoms. The van der Waals surface area contributed by atoms with Gasteiger partial charge in [0.1, 0.15) is 12.4 Å². The maximum Gasteiger partial charge on any atom is 0.329 e. The first-order chi connectivity index (χ1) is 13.6.